The largest absolute Gasteiger partial charge is 0.483 e. The third kappa shape index (κ3) is 4.11. The van der Waals surface area contributed by atoms with Gasteiger partial charge in [0.25, 0.3) is 11.8 Å². The summed E-state index contributed by atoms with van der Waals surface area (Å²) in [7, 11) is 0. The van der Waals surface area contributed by atoms with E-state index < -0.39 is 5.91 Å². The van der Waals surface area contributed by atoms with Gasteiger partial charge in [-0.2, -0.15) is 0 Å². The van der Waals surface area contributed by atoms with Crippen molar-refractivity contribution in [3.05, 3.63) is 28.8 Å². The standard InChI is InChI=1S/C15H19ClN2O3/c1-10-3-2-6-18(8-10)14(19)9-21-13-7-11(16)4-5-12(13)15(17)20/h4-5,7,10H,2-3,6,8-9H2,1H3,(H2,17,20)/t10-/m1/s1. The van der Waals surface area contributed by atoms with Crippen LogP contribution in [-0.4, -0.2) is 36.4 Å². The van der Waals surface area contributed by atoms with Gasteiger partial charge in [-0.15, -0.1) is 0 Å². The van der Waals surface area contributed by atoms with Crippen LogP contribution >= 0.6 is 11.6 Å². The number of carbonyl (C=O) groups excluding carboxylic acids is 2. The maximum atomic E-state index is 12.1. The second-order valence-electron chi connectivity index (χ2n) is 5.38. The van der Waals surface area contributed by atoms with Crippen LogP contribution in [0.25, 0.3) is 0 Å². The number of ether oxygens (including phenoxy) is 1. The molecule has 0 radical (unpaired) electrons. The summed E-state index contributed by atoms with van der Waals surface area (Å²) >= 11 is 5.88. The molecule has 1 fully saturated rings. The Balaban J connectivity index is 2.00. The molecule has 1 aliphatic heterocycles. The molecule has 1 aliphatic rings. The van der Waals surface area contributed by atoms with Crippen LogP contribution in [0.5, 0.6) is 5.75 Å². The molecule has 0 aliphatic carbocycles. The Morgan fingerprint density at radius 2 is 2.24 bits per heavy atom. The number of rotatable bonds is 4. The highest BCUT2D eigenvalue weighted by atomic mass is 35.5. The maximum absolute atomic E-state index is 12.1. The summed E-state index contributed by atoms with van der Waals surface area (Å²) in [6.45, 7) is 3.51. The lowest BCUT2D eigenvalue weighted by Gasteiger charge is -2.30. The zero-order chi connectivity index (χ0) is 15.4. The fraction of sp³-hybridized carbons (Fsp3) is 0.467. The molecule has 2 amide bonds. The van der Waals surface area contributed by atoms with Gasteiger partial charge >= 0.3 is 0 Å². The lowest BCUT2D eigenvalue weighted by Crippen LogP contribution is -2.41. The number of nitrogens with two attached hydrogens (primary N) is 1. The molecule has 0 saturated carbocycles. The zero-order valence-electron chi connectivity index (χ0n) is 12.0. The van der Waals surface area contributed by atoms with Crippen molar-refractivity contribution in [2.45, 2.75) is 19.8 Å². The predicted octanol–water partition coefficient (Wildman–Crippen LogP) is 2.08. The van der Waals surface area contributed by atoms with Gasteiger partial charge in [-0.3, -0.25) is 9.59 Å². The van der Waals surface area contributed by atoms with Gasteiger partial charge in [0.15, 0.2) is 6.61 Å². The summed E-state index contributed by atoms with van der Waals surface area (Å²) in [4.78, 5) is 25.3. The molecule has 1 atom stereocenters. The number of halogens is 1. The van der Waals surface area contributed by atoms with Gasteiger partial charge in [0.1, 0.15) is 5.75 Å². The second kappa shape index (κ2) is 6.80. The first-order valence-electron chi connectivity index (χ1n) is 6.97. The number of hydrogen-bond acceptors (Lipinski definition) is 3. The van der Waals surface area contributed by atoms with Crippen molar-refractivity contribution in [3.63, 3.8) is 0 Å². The van der Waals surface area contributed by atoms with Crippen LogP contribution in [0.4, 0.5) is 0 Å². The Hall–Kier alpha value is -1.75. The molecule has 1 aromatic rings. The van der Waals surface area contributed by atoms with Crippen LogP contribution in [0.15, 0.2) is 18.2 Å². The quantitative estimate of drug-likeness (QED) is 0.925. The van der Waals surface area contributed by atoms with E-state index in [4.69, 9.17) is 22.1 Å². The molecule has 1 saturated heterocycles. The highest BCUT2D eigenvalue weighted by Crippen LogP contribution is 2.23. The molecule has 2 N–H and O–H groups in total. The first kappa shape index (κ1) is 15.6. The van der Waals surface area contributed by atoms with Crippen LogP contribution in [0.1, 0.15) is 30.1 Å². The fourth-order valence-corrected chi connectivity index (χ4v) is 2.63. The first-order chi connectivity index (χ1) is 9.97. The molecule has 0 spiro atoms. The highest BCUT2D eigenvalue weighted by Gasteiger charge is 2.21. The minimum atomic E-state index is -0.610. The van der Waals surface area contributed by atoms with Gasteiger partial charge in [0.05, 0.1) is 5.56 Å². The molecule has 1 aromatic carbocycles. The van der Waals surface area contributed by atoms with E-state index in [0.29, 0.717) is 10.9 Å². The number of carbonyl (C=O) groups is 2. The van der Waals surface area contributed by atoms with E-state index in [9.17, 15) is 9.59 Å². The van der Waals surface area contributed by atoms with E-state index >= 15 is 0 Å². The summed E-state index contributed by atoms with van der Waals surface area (Å²) in [6, 6.07) is 4.55. The van der Waals surface area contributed by atoms with Gasteiger partial charge in [0, 0.05) is 18.1 Å². The molecule has 114 valence electrons. The number of nitrogens with zero attached hydrogens (tertiary/aromatic N) is 1. The van der Waals surface area contributed by atoms with Crippen molar-refractivity contribution < 1.29 is 14.3 Å². The predicted molar refractivity (Wildman–Crippen MR) is 80.4 cm³/mol. The monoisotopic (exact) mass is 310 g/mol. The summed E-state index contributed by atoms with van der Waals surface area (Å²) in [6.07, 6.45) is 2.15. The molecule has 1 heterocycles. The molecule has 21 heavy (non-hydrogen) atoms. The maximum Gasteiger partial charge on any atom is 0.260 e. The van der Waals surface area contributed by atoms with E-state index in [1.165, 1.54) is 12.1 Å². The van der Waals surface area contributed by atoms with Gasteiger partial charge < -0.3 is 15.4 Å². The number of benzene rings is 1. The molecule has 0 bridgehead atoms. The van der Waals surface area contributed by atoms with E-state index in [1.807, 2.05) is 0 Å². The normalized spacial score (nSPS) is 18.4. The van der Waals surface area contributed by atoms with Gasteiger partial charge in [-0.25, -0.2) is 0 Å². The third-order valence-electron chi connectivity index (χ3n) is 3.57. The van der Waals surface area contributed by atoms with Crippen LogP contribution < -0.4 is 10.5 Å². The Bertz CT molecular complexity index is 548. The van der Waals surface area contributed by atoms with Crippen molar-refractivity contribution in [1.29, 1.82) is 0 Å². The number of amides is 2. The summed E-state index contributed by atoms with van der Waals surface area (Å²) in [5.41, 5.74) is 5.50. The smallest absolute Gasteiger partial charge is 0.260 e. The van der Waals surface area contributed by atoms with Crippen LogP contribution in [0, 0.1) is 5.92 Å². The SMILES string of the molecule is C[C@@H]1CCCN(C(=O)COc2cc(Cl)ccc2C(N)=O)C1. The molecule has 0 aromatic heterocycles. The van der Waals surface area contributed by atoms with Crippen molar-refractivity contribution in [1.82, 2.24) is 4.90 Å². The van der Waals surface area contributed by atoms with Gasteiger partial charge in [-0.05, 0) is 37.0 Å². The fourth-order valence-electron chi connectivity index (χ4n) is 2.47. The van der Waals surface area contributed by atoms with E-state index in [-0.39, 0.29) is 23.8 Å². The number of hydrogen-bond donors (Lipinski definition) is 1. The average molecular weight is 311 g/mol. The van der Waals surface area contributed by atoms with Crippen molar-refractivity contribution >= 4 is 23.4 Å². The molecule has 2 rings (SSSR count). The van der Waals surface area contributed by atoms with Crippen LogP contribution in [-0.2, 0) is 4.79 Å². The molecule has 6 heteroatoms. The lowest BCUT2D eigenvalue weighted by molar-refractivity contribution is -0.135. The Morgan fingerprint density at radius 3 is 2.90 bits per heavy atom. The van der Waals surface area contributed by atoms with E-state index in [2.05, 4.69) is 6.92 Å². The van der Waals surface area contributed by atoms with Gasteiger partial charge in [0.2, 0.25) is 0 Å². The lowest BCUT2D eigenvalue weighted by atomic mass is 10.0. The third-order valence-corrected chi connectivity index (χ3v) is 3.81. The first-order valence-corrected chi connectivity index (χ1v) is 7.35. The van der Waals surface area contributed by atoms with Crippen molar-refractivity contribution in [3.8, 4) is 5.75 Å². The summed E-state index contributed by atoms with van der Waals surface area (Å²) in [5.74, 6) is 0.0566. The van der Waals surface area contributed by atoms with Crippen molar-refractivity contribution in [2.24, 2.45) is 11.7 Å². The minimum absolute atomic E-state index is 0.0862. The Kier molecular flexibility index (Phi) is 5.07. The summed E-state index contributed by atoms with van der Waals surface area (Å²) < 4.78 is 5.45. The molecular formula is C15H19ClN2O3. The Labute approximate surface area is 129 Å². The van der Waals surface area contributed by atoms with Crippen LogP contribution in [0.2, 0.25) is 5.02 Å². The van der Waals surface area contributed by atoms with E-state index in [0.717, 1.165) is 25.9 Å². The molecule has 0 unspecified atom stereocenters. The topological polar surface area (TPSA) is 72.6 Å². The molecule has 5 nitrogen and oxygen atoms in total. The Morgan fingerprint density at radius 1 is 1.48 bits per heavy atom. The second-order valence-corrected chi connectivity index (χ2v) is 5.82. The number of primary amides is 1. The van der Waals surface area contributed by atoms with E-state index in [1.54, 1.807) is 11.0 Å². The average Bonchev–Trinajstić information content (AvgIpc) is 2.44. The van der Waals surface area contributed by atoms with Crippen molar-refractivity contribution in [2.75, 3.05) is 19.7 Å². The minimum Gasteiger partial charge on any atom is -0.483 e. The van der Waals surface area contributed by atoms with Crippen LogP contribution in [0.3, 0.4) is 0 Å². The molecular weight excluding hydrogens is 292 g/mol. The number of likely N-dealkylation sites (tertiary alicyclic amines) is 1. The zero-order valence-corrected chi connectivity index (χ0v) is 12.7. The summed E-state index contributed by atoms with van der Waals surface area (Å²) in [5, 5.41) is 0.425. The highest BCUT2D eigenvalue weighted by molar-refractivity contribution is 6.30. The van der Waals surface area contributed by atoms with Gasteiger partial charge in [-0.1, -0.05) is 18.5 Å². The number of piperidine rings is 1.